The number of ether oxygens (including phenoxy) is 1. The van der Waals surface area contributed by atoms with Crippen LogP contribution in [-0.2, 0) is 4.74 Å². The van der Waals surface area contributed by atoms with Gasteiger partial charge in [0.1, 0.15) is 12.4 Å². The number of hydrogen-bond donors (Lipinski definition) is 2. The van der Waals surface area contributed by atoms with Crippen LogP contribution in [0.2, 0.25) is 0 Å². The maximum Gasteiger partial charge on any atom is 0.142 e. The van der Waals surface area contributed by atoms with Gasteiger partial charge in [0.25, 0.3) is 0 Å². The van der Waals surface area contributed by atoms with Gasteiger partial charge in [-0.25, -0.2) is 0 Å². The quantitative estimate of drug-likeness (QED) is 0.744. The first-order valence-electron chi connectivity index (χ1n) is 5.49. The van der Waals surface area contributed by atoms with E-state index in [1.54, 1.807) is 6.08 Å². The molecule has 0 aliphatic carbocycles. The van der Waals surface area contributed by atoms with E-state index in [1.807, 2.05) is 7.05 Å². The molecule has 0 unspecified atom stereocenters. The topological polar surface area (TPSA) is 33.3 Å². The van der Waals surface area contributed by atoms with E-state index >= 15 is 0 Å². The van der Waals surface area contributed by atoms with E-state index < -0.39 is 0 Å². The third kappa shape index (κ3) is 3.28. The normalized spacial score (nSPS) is 16.9. The molecule has 0 saturated carbocycles. The lowest BCUT2D eigenvalue weighted by Crippen LogP contribution is -2.23. The van der Waals surface area contributed by atoms with Crippen LogP contribution in [0, 0.1) is 0 Å². The van der Waals surface area contributed by atoms with Gasteiger partial charge in [0.15, 0.2) is 0 Å². The molecule has 0 amide bonds. The fourth-order valence-electron chi connectivity index (χ4n) is 1.52. The van der Waals surface area contributed by atoms with Gasteiger partial charge in [-0.1, -0.05) is 25.7 Å². The van der Waals surface area contributed by atoms with Gasteiger partial charge in [0.05, 0.1) is 5.70 Å². The molecule has 0 fully saturated rings. The lowest BCUT2D eigenvalue weighted by molar-refractivity contribution is 0.230. The summed E-state index contributed by atoms with van der Waals surface area (Å²) < 4.78 is 5.51. The van der Waals surface area contributed by atoms with Crippen LogP contribution in [0.15, 0.2) is 48.0 Å². The van der Waals surface area contributed by atoms with E-state index in [2.05, 4.69) is 36.8 Å². The summed E-state index contributed by atoms with van der Waals surface area (Å²) in [4.78, 5) is 0. The summed E-state index contributed by atoms with van der Waals surface area (Å²) in [7, 11) is 1.94. The molecule has 2 N–H and O–H groups in total. The van der Waals surface area contributed by atoms with Crippen molar-refractivity contribution < 1.29 is 4.74 Å². The summed E-state index contributed by atoms with van der Waals surface area (Å²) in [6, 6.07) is 0. The minimum Gasteiger partial charge on any atom is -0.485 e. The minimum atomic E-state index is 0.506. The van der Waals surface area contributed by atoms with Crippen LogP contribution in [0.25, 0.3) is 0 Å². The van der Waals surface area contributed by atoms with Crippen LogP contribution >= 0.6 is 0 Å². The maximum atomic E-state index is 5.51. The highest BCUT2D eigenvalue weighted by Crippen LogP contribution is 2.16. The van der Waals surface area contributed by atoms with E-state index in [1.165, 1.54) is 5.57 Å². The van der Waals surface area contributed by atoms with Gasteiger partial charge >= 0.3 is 0 Å². The third-order valence-electron chi connectivity index (χ3n) is 2.37. The first-order chi connectivity index (χ1) is 7.71. The second-order valence-corrected chi connectivity index (χ2v) is 3.69. The Hall–Kier alpha value is -1.48. The molecule has 0 bridgehead atoms. The van der Waals surface area contributed by atoms with Crippen molar-refractivity contribution in [3.05, 3.63) is 48.0 Å². The second kappa shape index (κ2) is 6.18. The third-order valence-corrected chi connectivity index (χ3v) is 2.37. The van der Waals surface area contributed by atoms with Crippen molar-refractivity contribution in [2.75, 3.05) is 20.2 Å². The Labute approximate surface area is 97.6 Å². The first-order valence-corrected chi connectivity index (χ1v) is 5.49. The molecule has 16 heavy (non-hydrogen) atoms. The Bertz CT molecular complexity index is 340. The van der Waals surface area contributed by atoms with Crippen molar-refractivity contribution in [1.29, 1.82) is 0 Å². The van der Waals surface area contributed by atoms with Crippen molar-refractivity contribution in [2.45, 2.75) is 13.3 Å². The van der Waals surface area contributed by atoms with Gasteiger partial charge in [0.2, 0.25) is 0 Å². The number of nitrogens with one attached hydrogen (secondary N) is 2. The Morgan fingerprint density at radius 3 is 2.94 bits per heavy atom. The molecule has 3 heteroatoms. The van der Waals surface area contributed by atoms with Gasteiger partial charge < -0.3 is 15.4 Å². The predicted molar refractivity (Wildman–Crippen MR) is 67.8 cm³/mol. The molecule has 1 aliphatic heterocycles. The van der Waals surface area contributed by atoms with Crippen LogP contribution in [-0.4, -0.2) is 20.2 Å². The maximum absolute atomic E-state index is 5.51. The van der Waals surface area contributed by atoms with Gasteiger partial charge in [0, 0.05) is 12.2 Å². The highest BCUT2D eigenvalue weighted by Gasteiger charge is 2.11. The average molecular weight is 220 g/mol. The molecule has 1 rings (SSSR count). The summed E-state index contributed by atoms with van der Waals surface area (Å²) in [5.41, 5.74) is 3.12. The van der Waals surface area contributed by atoms with E-state index in [9.17, 15) is 0 Å². The summed E-state index contributed by atoms with van der Waals surface area (Å²) in [5, 5.41) is 6.37. The first kappa shape index (κ1) is 12.6. The Morgan fingerprint density at radius 2 is 2.38 bits per heavy atom. The number of rotatable bonds is 5. The zero-order chi connectivity index (χ0) is 12.0. The SMILES string of the molecule is C=CC1=C(/C=C(\CC)CNC)NC(=C)CO1. The van der Waals surface area contributed by atoms with Gasteiger partial charge in [-0.2, -0.15) is 0 Å². The smallest absolute Gasteiger partial charge is 0.142 e. The molecule has 1 aliphatic rings. The number of likely N-dealkylation sites (N-methyl/N-ethyl adjacent to an activating group) is 1. The van der Waals surface area contributed by atoms with Crippen molar-refractivity contribution in [2.24, 2.45) is 0 Å². The molecule has 0 atom stereocenters. The zero-order valence-electron chi connectivity index (χ0n) is 10.1. The summed E-state index contributed by atoms with van der Waals surface area (Å²) in [5.74, 6) is 0.787. The molecule has 1 heterocycles. The Balaban J connectivity index is 2.93. The van der Waals surface area contributed by atoms with E-state index in [0.29, 0.717) is 6.61 Å². The summed E-state index contributed by atoms with van der Waals surface area (Å²) in [6.45, 7) is 11.1. The fourth-order valence-corrected chi connectivity index (χ4v) is 1.52. The van der Waals surface area contributed by atoms with Gasteiger partial charge in [-0.3, -0.25) is 0 Å². The summed E-state index contributed by atoms with van der Waals surface area (Å²) in [6.07, 6.45) is 4.82. The van der Waals surface area contributed by atoms with E-state index in [0.717, 1.165) is 30.1 Å². The lowest BCUT2D eigenvalue weighted by atomic mass is 10.1. The van der Waals surface area contributed by atoms with Crippen molar-refractivity contribution in [3.63, 3.8) is 0 Å². The average Bonchev–Trinajstić information content (AvgIpc) is 2.29. The van der Waals surface area contributed by atoms with Crippen LogP contribution in [0.4, 0.5) is 0 Å². The molecule has 0 radical (unpaired) electrons. The Morgan fingerprint density at radius 1 is 1.62 bits per heavy atom. The highest BCUT2D eigenvalue weighted by atomic mass is 16.5. The van der Waals surface area contributed by atoms with E-state index in [-0.39, 0.29) is 0 Å². The molecular formula is C13H20N2O. The van der Waals surface area contributed by atoms with Crippen molar-refractivity contribution in [3.8, 4) is 0 Å². The largest absolute Gasteiger partial charge is 0.485 e. The second-order valence-electron chi connectivity index (χ2n) is 3.69. The number of allylic oxidation sites excluding steroid dienone is 2. The van der Waals surface area contributed by atoms with Crippen LogP contribution in [0.5, 0.6) is 0 Å². The summed E-state index contributed by atoms with van der Waals surface area (Å²) >= 11 is 0. The molecule has 3 nitrogen and oxygen atoms in total. The molecule has 0 aromatic carbocycles. The predicted octanol–water partition coefficient (Wildman–Crippen LogP) is 2.07. The van der Waals surface area contributed by atoms with Crippen molar-refractivity contribution in [1.82, 2.24) is 10.6 Å². The molecule has 0 saturated heterocycles. The molecule has 0 aromatic rings. The van der Waals surface area contributed by atoms with Gasteiger partial charge in [-0.15, -0.1) is 0 Å². The fraction of sp³-hybridized carbons (Fsp3) is 0.385. The van der Waals surface area contributed by atoms with Crippen LogP contribution in [0.3, 0.4) is 0 Å². The molecule has 0 aromatic heterocycles. The molecule has 88 valence electrons. The van der Waals surface area contributed by atoms with Crippen molar-refractivity contribution >= 4 is 0 Å². The Kier molecular flexibility index (Phi) is 4.86. The van der Waals surface area contributed by atoms with Gasteiger partial charge in [-0.05, 0) is 25.6 Å². The molecular weight excluding hydrogens is 200 g/mol. The van der Waals surface area contributed by atoms with E-state index in [4.69, 9.17) is 4.74 Å². The molecule has 0 spiro atoms. The van der Waals surface area contributed by atoms with Crippen LogP contribution in [0.1, 0.15) is 13.3 Å². The zero-order valence-corrected chi connectivity index (χ0v) is 10.1. The number of hydrogen-bond acceptors (Lipinski definition) is 3. The standard InChI is InChI=1S/C13H20N2O/c1-5-11(8-14-4)7-12-13(6-2)16-9-10(3)15-12/h6-7,14-15H,2-3,5,8-9H2,1,4H3/b11-7+. The van der Waals surface area contributed by atoms with Crippen LogP contribution < -0.4 is 10.6 Å². The highest BCUT2D eigenvalue weighted by molar-refractivity contribution is 5.34. The minimum absolute atomic E-state index is 0.506. The lowest BCUT2D eigenvalue weighted by Gasteiger charge is -2.21. The monoisotopic (exact) mass is 220 g/mol.